The maximum absolute atomic E-state index is 12.9. The molecule has 0 aliphatic rings. The molecule has 3 aromatic heterocycles. The molecule has 142 valence electrons. The molecule has 3 rings (SSSR count). The maximum atomic E-state index is 12.9. The summed E-state index contributed by atoms with van der Waals surface area (Å²) >= 11 is 0. The molecule has 0 aromatic carbocycles. The number of carbonyl (C=O) groups is 1. The van der Waals surface area contributed by atoms with E-state index in [1.807, 2.05) is 0 Å². The number of pyridine rings is 1. The number of aryl methyl sites for hydroxylation is 2. The predicted octanol–water partition coefficient (Wildman–Crippen LogP) is 3.66. The molecule has 0 saturated heterocycles. The van der Waals surface area contributed by atoms with Crippen LogP contribution in [-0.4, -0.2) is 31.9 Å². The van der Waals surface area contributed by atoms with Crippen molar-refractivity contribution in [2.45, 2.75) is 20.0 Å². The molecule has 0 amide bonds. The second-order valence-corrected chi connectivity index (χ2v) is 5.85. The van der Waals surface area contributed by atoms with Gasteiger partial charge in [-0.1, -0.05) is 0 Å². The van der Waals surface area contributed by atoms with Gasteiger partial charge in [-0.05, 0) is 32.1 Å². The van der Waals surface area contributed by atoms with Gasteiger partial charge in [0.05, 0.1) is 17.9 Å². The van der Waals surface area contributed by atoms with E-state index in [0.29, 0.717) is 28.1 Å². The lowest BCUT2D eigenvalue weighted by atomic mass is 10.2. The molecule has 0 atom stereocenters. The van der Waals surface area contributed by atoms with Crippen LogP contribution in [0.3, 0.4) is 0 Å². The predicted molar refractivity (Wildman–Crippen MR) is 93.2 cm³/mol. The molecule has 27 heavy (non-hydrogen) atoms. The summed E-state index contributed by atoms with van der Waals surface area (Å²) in [5.41, 5.74) is 0.847. The van der Waals surface area contributed by atoms with Crippen molar-refractivity contribution in [3.8, 4) is 5.82 Å². The van der Waals surface area contributed by atoms with Crippen molar-refractivity contribution in [2.75, 3.05) is 6.61 Å². The number of ether oxygens (including phenoxy) is 1. The molecule has 3 aromatic rings. The Hall–Kier alpha value is -3.10. The van der Waals surface area contributed by atoms with Crippen LogP contribution in [0.2, 0.25) is 0 Å². The molecule has 0 aliphatic heterocycles. The lowest BCUT2D eigenvalue weighted by molar-refractivity contribution is -0.138. The standard InChI is InChI=1S/C18H17F3N4O2/c1-4-27-15(26)6-5-14-11(2)23-24(3)17(14)25-8-7-12-9-13(18(19,20)21)10-22-16(12)25/h5-10H,4H2,1-3H3. The van der Waals surface area contributed by atoms with Crippen LogP contribution in [0, 0.1) is 6.92 Å². The number of carbonyl (C=O) groups excluding carboxylic acids is 1. The van der Waals surface area contributed by atoms with Gasteiger partial charge < -0.3 is 4.74 Å². The average molecular weight is 378 g/mol. The molecule has 0 aliphatic carbocycles. The second-order valence-electron chi connectivity index (χ2n) is 5.85. The Balaban J connectivity index is 2.10. The van der Waals surface area contributed by atoms with Gasteiger partial charge in [0.15, 0.2) is 0 Å². The summed E-state index contributed by atoms with van der Waals surface area (Å²) in [6.45, 7) is 3.74. The maximum Gasteiger partial charge on any atom is 0.417 e. The first-order valence-electron chi connectivity index (χ1n) is 8.15. The van der Waals surface area contributed by atoms with Crippen molar-refractivity contribution in [3.05, 3.63) is 47.4 Å². The second kappa shape index (κ2) is 6.90. The Kier molecular flexibility index (Phi) is 4.77. The molecule has 3 heterocycles. The number of alkyl halides is 3. The van der Waals surface area contributed by atoms with Gasteiger partial charge in [-0.2, -0.15) is 18.3 Å². The highest BCUT2D eigenvalue weighted by Gasteiger charge is 2.31. The zero-order valence-electron chi connectivity index (χ0n) is 14.9. The number of fused-ring (bicyclic) bond motifs is 1. The average Bonchev–Trinajstić information content (AvgIpc) is 3.11. The Morgan fingerprint density at radius 1 is 1.37 bits per heavy atom. The lowest BCUT2D eigenvalue weighted by Crippen LogP contribution is -2.07. The first-order valence-corrected chi connectivity index (χ1v) is 8.15. The molecule has 0 unspecified atom stereocenters. The fourth-order valence-electron chi connectivity index (χ4n) is 2.83. The summed E-state index contributed by atoms with van der Waals surface area (Å²) in [6, 6.07) is 2.61. The number of aromatic nitrogens is 4. The van der Waals surface area contributed by atoms with Gasteiger partial charge in [-0.15, -0.1) is 0 Å². The molecular weight excluding hydrogens is 361 g/mol. The van der Waals surface area contributed by atoms with E-state index >= 15 is 0 Å². The highest BCUT2D eigenvalue weighted by molar-refractivity contribution is 5.88. The van der Waals surface area contributed by atoms with Crippen molar-refractivity contribution >= 4 is 23.1 Å². The summed E-state index contributed by atoms with van der Waals surface area (Å²) < 4.78 is 46.8. The zero-order valence-corrected chi connectivity index (χ0v) is 14.9. The van der Waals surface area contributed by atoms with Gasteiger partial charge in [0, 0.05) is 36.5 Å². The topological polar surface area (TPSA) is 61.9 Å². The summed E-state index contributed by atoms with van der Waals surface area (Å²) in [6.07, 6.45) is 0.829. The van der Waals surface area contributed by atoms with Crippen LogP contribution in [0.25, 0.3) is 22.9 Å². The normalized spacial score (nSPS) is 12.2. The third-order valence-electron chi connectivity index (χ3n) is 3.99. The van der Waals surface area contributed by atoms with E-state index in [1.54, 1.807) is 48.5 Å². The third kappa shape index (κ3) is 3.57. The Labute approximate surface area is 152 Å². The van der Waals surface area contributed by atoms with E-state index in [1.165, 1.54) is 6.08 Å². The van der Waals surface area contributed by atoms with Crippen LogP contribution >= 0.6 is 0 Å². The molecule has 6 nitrogen and oxygen atoms in total. The van der Waals surface area contributed by atoms with E-state index < -0.39 is 17.7 Å². The minimum Gasteiger partial charge on any atom is -0.463 e. The fourth-order valence-corrected chi connectivity index (χ4v) is 2.83. The highest BCUT2D eigenvalue weighted by Crippen LogP contribution is 2.32. The molecule has 0 bridgehead atoms. The van der Waals surface area contributed by atoms with Crippen LogP contribution in [-0.2, 0) is 22.8 Å². The first kappa shape index (κ1) is 18.7. The SMILES string of the molecule is CCOC(=O)C=Cc1c(C)nn(C)c1-n1ccc2cc(C(F)(F)F)cnc21. The molecule has 0 spiro atoms. The van der Waals surface area contributed by atoms with Crippen LogP contribution in [0.15, 0.2) is 30.6 Å². The van der Waals surface area contributed by atoms with Gasteiger partial charge >= 0.3 is 12.1 Å². The number of halogens is 3. The van der Waals surface area contributed by atoms with Crippen molar-refractivity contribution in [1.29, 1.82) is 0 Å². The molecule has 0 radical (unpaired) electrons. The third-order valence-corrected chi connectivity index (χ3v) is 3.99. The van der Waals surface area contributed by atoms with Gasteiger partial charge in [0.2, 0.25) is 0 Å². The molecule has 0 fully saturated rings. The van der Waals surface area contributed by atoms with Gasteiger partial charge in [0.25, 0.3) is 0 Å². The number of nitrogens with zero attached hydrogens (tertiary/aromatic N) is 4. The van der Waals surface area contributed by atoms with Gasteiger partial charge in [-0.25, -0.2) is 9.78 Å². The van der Waals surface area contributed by atoms with Crippen molar-refractivity contribution in [3.63, 3.8) is 0 Å². The fraction of sp³-hybridized carbons (Fsp3) is 0.278. The van der Waals surface area contributed by atoms with Crippen molar-refractivity contribution < 1.29 is 22.7 Å². The molecular formula is C18H17F3N4O2. The Morgan fingerprint density at radius 2 is 2.11 bits per heavy atom. The quantitative estimate of drug-likeness (QED) is 0.513. The number of esters is 1. The summed E-state index contributed by atoms with van der Waals surface area (Å²) in [7, 11) is 1.71. The van der Waals surface area contributed by atoms with Crippen molar-refractivity contribution in [2.24, 2.45) is 7.05 Å². The minimum atomic E-state index is -4.46. The Morgan fingerprint density at radius 3 is 2.78 bits per heavy atom. The summed E-state index contributed by atoms with van der Waals surface area (Å²) in [4.78, 5) is 15.6. The van der Waals surface area contributed by atoms with Crippen LogP contribution in [0.5, 0.6) is 0 Å². The molecule has 0 saturated carbocycles. The smallest absolute Gasteiger partial charge is 0.417 e. The largest absolute Gasteiger partial charge is 0.463 e. The zero-order chi connectivity index (χ0) is 19.8. The monoisotopic (exact) mass is 378 g/mol. The van der Waals surface area contributed by atoms with E-state index in [0.717, 1.165) is 12.3 Å². The minimum absolute atomic E-state index is 0.260. The first-order chi connectivity index (χ1) is 12.7. The van der Waals surface area contributed by atoms with Gasteiger partial charge in [0.1, 0.15) is 11.5 Å². The lowest BCUT2D eigenvalue weighted by Gasteiger charge is -2.09. The summed E-state index contributed by atoms with van der Waals surface area (Å²) in [5, 5.41) is 4.69. The molecule has 0 N–H and O–H groups in total. The van der Waals surface area contributed by atoms with E-state index in [2.05, 4.69) is 10.1 Å². The van der Waals surface area contributed by atoms with E-state index in [-0.39, 0.29) is 6.61 Å². The van der Waals surface area contributed by atoms with Gasteiger partial charge in [-0.3, -0.25) is 9.25 Å². The summed E-state index contributed by atoms with van der Waals surface area (Å²) in [5.74, 6) is 0.0901. The van der Waals surface area contributed by atoms with E-state index in [9.17, 15) is 18.0 Å². The number of hydrogen-bond donors (Lipinski definition) is 0. The number of hydrogen-bond acceptors (Lipinski definition) is 4. The molecule has 9 heteroatoms. The number of rotatable bonds is 4. The van der Waals surface area contributed by atoms with E-state index in [4.69, 9.17) is 4.74 Å². The van der Waals surface area contributed by atoms with Crippen LogP contribution < -0.4 is 0 Å². The Bertz CT molecular complexity index is 1030. The highest BCUT2D eigenvalue weighted by atomic mass is 19.4. The van der Waals surface area contributed by atoms with Crippen LogP contribution in [0.1, 0.15) is 23.7 Å². The van der Waals surface area contributed by atoms with Crippen LogP contribution in [0.4, 0.5) is 13.2 Å². The van der Waals surface area contributed by atoms with Crippen molar-refractivity contribution in [1.82, 2.24) is 19.3 Å².